The Morgan fingerprint density at radius 1 is 1.30 bits per heavy atom. The van der Waals surface area contributed by atoms with Gasteiger partial charge in [0.05, 0.1) is 18.4 Å². The Morgan fingerprint density at radius 3 is 2.74 bits per heavy atom. The average molecular weight is 327 g/mol. The van der Waals surface area contributed by atoms with Crippen LogP contribution in [-0.4, -0.2) is 23.8 Å². The number of nitrogens with zero attached hydrogens (tertiary/aromatic N) is 1. The third-order valence-corrected chi connectivity index (χ3v) is 4.76. The van der Waals surface area contributed by atoms with Crippen molar-refractivity contribution >= 4 is 28.7 Å². The van der Waals surface area contributed by atoms with Crippen LogP contribution in [-0.2, 0) is 11.2 Å². The molecule has 2 aromatic rings. The highest BCUT2D eigenvalue weighted by Crippen LogP contribution is 2.32. The molecule has 23 heavy (non-hydrogen) atoms. The van der Waals surface area contributed by atoms with E-state index in [0.717, 1.165) is 16.8 Å². The van der Waals surface area contributed by atoms with E-state index < -0.39 is 5.97 Å². The van der Waals surface area contributed by atoms with Crippen LogP contribution in [0, 0.1) is 0 Å². The van der Waals surface area contributed by atoms with Gasteiger partial charge in [-0.05, 0) is 35.6 Å². The Hall–Kier alpha value is -2.27. The lowest BCUT2D eigenvalue weighted by molar-refractivity contribution is 0.0600. The summed E-state index contributed by atoms with van der Waals surface area (Å²) in [5, 5.41) is 2.43. The van der Waals surface area contributed by atoms with E-state index in [0.29, 0.717) is 28.5 Å². The molecule has 0 saturated heterocycles. The van der Waals surface area contributed by atoms with Crippen molar-refractivity contribution in [3.8, 4) is 0 Å². The highest BCUT2D eigenvalue weighted by atomic mass is 32.1. The summed E-state index contributed by atoms with van der Waals surface area (Å²) < 4.78 is 4.75. The molecular weight excluding hydrogens is 310 g/mol. The molecular formula is C18H17NO3S. The van der Waals surface area contributed by atoms with Gasteiger partial charge in [-0.3, -0.25) is 4.79 Å². The summed E-state index contributed by atoms with van der Waals surface area (Å²) in [6.45, 7) is 4.10. The monoisotopic (exact) mass is 327 g/mol. The standard InChI is InChI=1S/C18H17NO3S/c1-10(2)15-9-23-17(19-15)16(20)13-7-6-11-4-5-12(8-14(11)13)18(21)22-3/h4-5,7-10H,6H2,1-3H3. The molecule has 0 fully saturated rings. The molecule has 5 heteroatoms. The third-order valence-electron chi connectivity index (χ3n) is 3.90. The number of thiazole rings is 1. The highest BCUT2D eigenvalue weighted by molar-refractivity contribution is 7.12. The molecule has 0 aliphatic heterocycles. The molecule has 0 saturated carbocycles. The zero-order valence-corrected chi connectivity index (χ0v) is 14.1. The molecule has 3 rings (SSSR count). The van der Waals surface area contributed by atoms with Crippen molar-refractivity contribution in [1.82, 2.24) is 4.98 Å². The first-order valence-corrected chi connectivity index (χ1v) is 8.31. The number of ether oxygens (including phenoxy) is 1. The van der Waals surface area contributed by atoms with Crippen molar-refractivity contribution in [2.45, 2.75) is 26.2 Å². The first-order chi connectivity index (χ1) is 11.0. The lowest BCUT2D eigenvalue weighted by Gasteiger charge is -2.06. The molecule has 0 bridgehead atoms. The quantitative estimate of drug-likeness (QED) is 0.632. The summed E-state index contributed by atoms with van der Waals surface area (Å²) in [5.41, 5.74) is 3.85. The molecule has 1 aliphatic carbocycles. The third kappa shape index (κ3) is 2.84. The maximum absolute atomic E-state index is 12.8. The minimum absolute atomic E-state index is 0.0809. The number of carbonyl (C=O) groups excluding carboxylic acids is 2. The number of hydrogen-bond donors (Lipinski definition) is 0. The second-order valence-corrected chi connectivity index (χ2v) is 6.60. The molecule has 0 atom stereocenters. The number of ketones is 1. The number of allylic oxidation sites excluding steroid dienone is 2. The number of carbonyl (C=O) groups is 2. The number of rotatable bonds is 4. The zero-order chi connectivity index (χ0) is 16.6. The van der Waals surface area contributed by atoms with E-state index in [9.17, 15) is 9.59 Å². The van der Waals surface area contributed by atoms with Crippen molar-refractivity contribution in [2.24, 2.45) is 0 Å². The van der Waals surface area contributed by atoms with Crippen molar-refractivity contribution in [3.63, 3.8) is 0 Å². The number of esters is 1. The van der Waals surface area contributed by atoms with E-state index in [1.54, 1.807) is 12.1 Å². The Bertz CT molecular complexity index is 817. The fraction of sp³-hybridized carbons (Fsp3) is 0.278. The van der Waals surface area contributed by atoms with Gasteiger partial charge in [-0.25, -0.2) is 9.78 Å². The van der Waals surface area contributed by atoms with Crippen molar-refractivity contribution in [1.29, 1.82) is 0 Å². The van der Waals surface area contributed by atoms with E-state index in [-0.39, 0.29) is 5.78 Å². The van der Waals surface area contributed by atoms with Crippen LogP contribution in [0.4, 0.5) is 0 Å². The van der Waals surface area contributed by atoms with Crippen molar-refractivity contribution in [2.75, 3.05) is 7.11 Å². The normalized spacial score (nSPS) is 13.0. The van der Waals surface area contributed by atoms with E-state index >= 15 is 0 Å². The van der Waals surface area contributed by atoms with Gasteiger partial charge in [0.25, 0.3) is 0 Å². The summed E-state index contributed by atoms with van der Waals surface area (Å²) >= 11 is 1.37. The van der Waals surface area contributed by atoms with Gasteiger partial charge in [0.2, 0.25) is 5.78 Å². The zero-order valence-electron chi connectivity index (χ0n) is 13.3. The fourth-order valence-electron chi connectivity index (χ4n) is 2.56. The summed E-state index contributed by atoms with van der Waals surface area (Å²) in [4.78, 5) is 28.9. The first kappa shape index (κ1) is 15.6. The largest absolute Gasteiger partial charge is 0.465 e. The molecule has 4 nitrogen and oxygen atoms in total. The minimum Gasteiger partial charge on any atom is -0.465 e. The van der Waals surface area contributed by atoms with Crippen LogP contribution >= 0.6 is 11.3 Å². The lowest BCUT2D eigenvalue weighted by Crippen LogP contribution is -2.05. The van der Waals surface area contributed by atoms with Crippen LogP contribution in [0.2, 0.25) is 0 Å². The second-order valence-electron chi connectivity index (χ2n) is 5.75. The maximum Gasteiger partial charge on any atom is 0.337 e. The molecule has 0 unspecified atom stereocenters. The Morgan fingerprint density at radius 2 is 2.09 bits per heavy atom. The SMILES string of the molecule is COC(=O)c1ccc2c(c1)C(C(=O)c1nc(C(C)C)cs1)=CC2. The fourth-order valence-corrected chi connectivity index (χ4v) is 3.49. The number of aromatic nitrogens is 1. The van der Waals surface area contributed by atoms with Gasteiger partial charge in [-0.2, -0.15) is 0 Å². The molecule has 118 valence electrons. The van der Waals surface area contributed by atoms with Crippen LogP contribution in [0.3, 0.4) is 0 Å². The molecule has 1 heterocycles. The lowest BCUT2D eigenvalue weighted by atomic mass is 10.00. The van der Waals surface area contributed by atoms with Crippen LogP contribution < -0.4 is 0 Å². The number of fused-ring (bicyclic) bond motifs is 1. The molecule has 1 aromatic carbocycles. The van der Waals surface area contributed by atoms with Crippen LogP contribution in [0.1, 0.15) is 56.7 Å². The van der Waals surface area contributed by atoms with E-state index in [2.05, 4.69) is 18.8 Å². The van der Waals surface area contributed by atoms with Crippen molar-refractivity contribution < 1.29 is 14.3 Å². The summed E-state index contributed by atoms with van der Waals surface area (Å²) in [6, 6.07) is 5.33. The maximum atomic E-state index is 12.8. The van der Waals surface area contributed by atoms with Crippen LogP contribution in [0.25, 0.3) is 5.57 Å². The predicted octanol–water partition coefficient (Wildman–Crippen LogP) is 3.88. The van der Waals surface area contributed by atoms with Gasteiger partial charge in [-0.1, -0.05) is 26.0 Å². The molecule has 0 radical (unpaired) electrons. The van der Waals surface area contributed by atoms with E-state index in [1.165, 1.54) is 18.4 Å². The van der Waals surface area contributed by atoms with Gasteiger partial charge in [-0.15, -0.1) is 11.3 Å². The van der Waals surface area contributed by atoms with Crippen molar-refractivity contribution in [3.05, 3.63) is 57.0 Å². The topological polar surface area (TPSA) is 56.3 Å². The molecule has 1 aromatic heterocycles. The van der Waals surface area contributed by atoms with E-state index in [1.807, 2.05) is 17.5 Å². The molecule has 0 spiro atoms. The highest BCUT2D eigenvalue weighted by Gasteiger charge is 2.25. The van der Waals surface area contributed by atoms with Gasteiger partial charge >= 0.3 is 5.97 Å². The van der Waals surface area contributed by atoms with Crippen LogP contribution in [0.15, 0.2) is 29.7 Å². The van der Waals surface area contributed by atoms with Gasteiger partial charge in [0.15, 0.2) is 5.01 Å². The summed E-state index contributed by atoms with van der Waals surface area (Å²) in [7, 11) is 1.35. The summed E-state index contributed by atoms with van der Waals surface area (Å²) in [6.07, 6.45) is 2.60. The number of methoxy groups -OCH3 is 1. The second kappa shape index (κ2) is 6.08. The Balaban J connectivity index is 1.94. The van der Waals surface area contributed by atoms with Gasteiger partial charge in [0, 0.05) is 11.0 Å². The number of benzene rings is 1. The van der Waals surface area contributed by atoms with E-state index in [4.69, 9.17) is 4.74 Å². The smallest absolute Gasteiger partial charge is 0.337 e. The Kier molecular flexibility index (Phi) is 4.13. The Labute approximate surface area is 138 Å². The number of hydrogen-bond acceptors (Lipinski definition) is 5. The molecule has 1 aliphatic rings. The van der Waals surface area contributed by atoms with Gasteiger partial charge < -0.3 is 4.74 Å². The van der Waals surface area contributed by atoms with Gasteiger partial charge in [0.1, 0.15) is 0 Å². The molecule has 0 N–H and O–H groups in total. The number of Topliss-reactive ketones (excluding diaryl/α,β-unsaturated/α-hetero) is 1. The molecule has 0 amide bonds. The average Bonchev–Trinajstić information content (AvgIpc) is 3.19. The predicted molar refractivity (Wildman–Crippen MR) is 90.0 cm³/mol. The minimum atomic E-state index is -0.400. The first-order valence-electron chi connectivity index (χ1n) is 7.43. The summed E-state index contributed by atoms with van der Waals surface area (Å²) in [5.74, 6) is -0.186. The van der Waals surface area contributed by atoms with Crippen LogP contribution in [0.5, 0.6) is 0 Å².